The van der Waals surface area contributed by atoms with E-state index in [1.54, 1.807) is 52.1 Å². The Bertz CT molecular complexity index is 1620. The van der Waals surface area contributed by atoms with Gasteiger partial charge in [-0.2, -0.15) is 0 Å². The number of methoxy groups -OCH3 is 1. The summed E-state index contributed by atoms with van der Waals surface area (Å²) in [6.45, 7) is 8.01. The minimum absolute atomic E-state index is 0.00423. The van der Waals surface area contributed by atoms with Gasteiger partial charge in [-0.3, -0.25) is 24.6 Å². The SMILES string of the molecule is COc1ccc(COC(=O)C2=C(CCl)CS[C@H]3C(NC(=O)C(=NOC(C)(C)NC(=O)OC(C)(C)C)c4csc(NC=O)n4)C(=O)N23)cc1. The van der Waals surface area contributed by atoms with Crippen molar-refractivity contribution in [2.45, 2.75) is 64.0 Å². The number of halogens is 1. The van der Waals surface area contributed by atoms with Crippen molar-refractivity contribution in [3.63, 3.8) is 0 Å². The summed E-state index contributed by atoms with van der Waals surface area (Å²) in [5.41, 5.74) is -1.26. The number of hydrogen-bond donors (Lipinski definition) is 3. The number of fused-ring (bicyclic) bond motifs is 1. The quantitative estimate of drug-likeness (QED) is 0.0524. The normalized spacial score (nSPS) is 17.9. The molecule has 3 N–H and O–H groups in total. The van der Waals surface area contributed by atoms with Gasteiger partial charge in [-0.1, -0.05) is 17.3 Å². The zero-order chi connectivity index (χ0) is 35.2. The third kappa shape index (κ3) is 8.96. The highest BCUT2D eigenvalue weighted by Crippen LogP contribution is 2.41. The summed E-state index contributed by atoms with van der Waals surface area (Å²) >= 11 is 8.49. The van der Waals surface area contributed by atoms with E-state index in [0.29, 0.717) is 29.0 Å². The molecular formula is C30H35ClN6O9S2. The van der Waals surface area contributed by atoms with Crippen molar-refractivity contribution in [2.24, 2.45) is 5.16 Å². The van der Waals surface area contributed by atoms with E-state index in [0.717, 1.165) is 11.3 Å². The van der Waals surface area contributed by atoms with E-state index in [-0.39, 0.29) is 34.7 Å². The highest BCUT2D eigenvalue weighted by Gasteiger charge is 2.54. The summed E-state index contributed by atoms with van der Waals surface area (Å²) in [5, 5.41) is 12.5. The maximum Gasteiger partial charge on any atom is 0.410 e. The number of carbonyl (C=O) groups is 5. The smallest absolute Gasteiger partial charge is 0.410 e. The number of aromatic nitrogens is 1. The molecule has 2 aliphatic heterocycles. The second-order valence-electron chi connectivity index (χ2n) is 11.8. The van der Waals surface area contributed by atoms with E-state index in [4.69, 9.17) is 30.6 Å². The number of thioether (sulfide) groups is 1. The van der Waals surface area contributed by atoms with Crippen LogP contribution in [0, 0.1) is 0 Å². The van der Waals surface area contributed by atoms with Crippen LogP contribution in [0.2, 0.25) is 0 Å². The van der Waals surface area contributed by atoms with E-state index in [1.165, 1.54) is 35.9 Å². The number of ether oxygens (including phenoxy) is 3. The molecule has 4 rings (SSSR count). The van der Waals surface area contributed by atoms with Crippen molar-refractivity contribution >= 4 is 75.8 Å². The highest BCUT2D eigenvalue weighted by atomic mass is 35.5. The van der Waals surface area contributed by atoms with Gasteiger partial charge in [-0.25, -0.2) is 14.6 Å². The van der Waals surface area contributed by atoms with Crippen LogP contribution in [-0.2, 0) is 40.1 Å². The standard InChI is InChI=1S/C30H35ClN6O9S2/c1-29(2,3)45-28(42)35-30(4,5)46-36-20(19-14-48-27(33-19)32-15-38)23(39)34-21-24(40)37-22(17(11-31)13-47-25(21)37)26(41)44-12-16-7-9-18(43-6)10-8-16/h7-10,14-15,21,25H,11-13H2,1-6H3,(H,34,39)(H,35,42)(H,32,33,38)/t21?,25-/m0/s1. The van der Waals surface area contributed by atoms with Gasteiger partial charge in [0.2, 0.25) is 12.1 Å². The second kappa shape index (κ2) is 15.3. The highest BCUT2D eigenvalue weighted by molar-refractivity contribution is 8.00. The van der Waals surface area contributed by atoms with Crippen molar-refractivity contribution in [3.8, 4) is 5.75 Å². The molecule has 1 fully saturated rings. The summed E-state index contributed by atoms with van der Waals surface area (Å²) in [6, 6.07) is 5.92. The van der Waals surface area contributed by atoms with E-state index in [1.807, 2.05) is 0 Å². The lowest BCUT2D eigenvalue weighted by atomic mass is 10.0. The van der Waals surface area contributed by atoms with Gasteiger partial charge in [-0.05, 0) is 57.9 Å². The van der Waals surface area contributed by atoms with Crippen LogP contribution in [0.15, 0.2) is 46.1 Å². The molecule has 1 aromatic heterocycles. The summed E-state index contributed by atoms with van der Waals surface area (Å²) < 4.78 is 15.9. The van der Waals surface area contributed by atoms with Gasteiger partial charge >= 0.3 is 12.1 Å². The number of nitrogens with one attached hydrogen (secondary N) is 3. The topological polar surface area (TPSA) is 187 Å². The third-order valence-corrected chi connectivity index (χ3v) is 8.96. The molecular weight excluding hydrogens is 688 g/mol. The minimum Gasteiger partial charge on any atom is -0.497 e. The number of alkyl carbamates (subject to hydrolysis) is 1. The summed E-state index contributed by atoms with van der Waals surface area (Å²) in [4.78, 5) is 74.6. The van der Waals surface area contributed by atoms with Crippen LogP contribution >= 0.6 is 34.7 Å². The first-order valence-electron chi connectivity index (χ1n) is 14.4. The molecule has 0 radical (unpaired) electrons. The first kappa shape index (κ1) is 36.5. The van der Waals surface area contributed by atoms with Crippen molar-refractivity contribution in [1.29, 1.82) is 0 Å². The Labute approximate surface area is 289 Å². The lowest BCUT2D eigenvalue weighted by Crippen LogP contribution is -2.71. The second-order valence-corrected chi connectivity index (χ2v) is 14.1. The molecule has 258 valence electrons. The zero-order valence-electron chi connectivity index (χ0n) is 27.0. The predicted molar refractivity (Wildman–Crippen MR) is 178 cm³/mol. The van der Waals surface area contributed by atoms with Gasteiger partial charge in [0.1, 0.15) is 40.8 Å². The van der Waals surface area contributed by atoms with E-state index in [9.17, 15) is 24.0 Å². The lowest BCUT2D eigenvalue weighted by Gasteiger charge is -2.49. The average Bonchev–Trinajstić information content (AvgIpc) is 3.48. The van der Waals surface area contributed by atoms with Gasteiger partial charge < -0.3 is 29.7 Å². The number of rotatable bonds is 13. The van der Waals surface area contributed by atoms with Gasteiger partial charge in [0.05, 0.1) is 7.11 Å². The van der Waals surface area contributed by atoms with Gasteiger partial charge in [0.15, 0.2) is 10.8 Å². The fourth-order valence-electron chi connectivity index (χ4n) is 4.36. The Hall–Kier alpha value is -4.35. The molecule has 0 aliphatic carbocycles. The number of oxime groups is 1. The largest absolute Gasteiger partial charge is 0.497 e. The van der Waals surface area contributed by atoms with E-state index in [2.05, 4.69) is 26.1 Å². The van der Waals surface area contributed by atoms with Crippen LogP contribution in [0.4, 0.5) is 9.93 Å². The maximum atomic E-state index is 13.6. The fraction of sp³-hybridized carbons (Fsp3) is 0.433. The van der Waals surface area contributed by atoms with Gasteiger partial charge in [0, 0.05) is 17.0 Å². The molecule has 18 heteroatoms. The molecule has 1 unspecified atom stereocenters. The van der Waals surface area contributed by atoms with Crippen LogP contribution in [-0.4, -0.2) is 87.4 Å². The van der Waals surface area contributed by atoms with Crippen LogP contribution < -0.4 is 20.7 Å². The molecule has 0 bridgehead atoms. The summed E-state index contributed by atoms with van der Waals surface area (Å²) in [7, 11) is 1.55. The van der Waals surface area contributed by atoms with E-state index < -0.39 is 46.6 Å². The van der Waals surface area contributed by atoms with Crippen molar-refractivity contribution < 1.29 is 43.0 Å². The number of β-lactam (4-membered cyclic amide) rings is 1. The Morgan fingerprint density at radius 2 is 1.88 bits per heavy atom. The first-order valence-corrected chi connectivity index (χ1v) is 16.9. The molecule has 0 spiro atoms. The number of carbonyl (C=O) groups excluding carboxylic acids is 5. The molecule has 2 aliphatic rings. The van der Waals surface area contributed by atoms with Crippen LogP contribution in [0.1, 0.15) is 45.9 Å². The molecule has 1 saturated heterocycles. The summed E-state index contributed by atoms with van der Waals surface area (Å²) in [5.74, 6) is -1.15. The van der Waals surface area contributed by atoms with Crippen molar-refractivity contribution in [3.05, 3.63) is 52.2 Å². The third-order valence-electron chi connectivity index (χ3n) is 6.53. The number of hydrogen-bond acceptors (Lipinski definition) is 13. The van der Waals surface area contributed by atoms with Gasteiger partial charge in [-0.15, -0.1) is 34.7 Å². The molecule has 1 aromatic carbocycles. The van der Waals surface area contributed by atoms with Crippen molar-refractivity contribution in [1.82, 2.24) is 20.5 Å². The number of anilines is 1. The Morgan fingerprint density at radius 3 is 2.50 bits per heavy atom. The van der Waals surface area contributed by atoms with Crippen LogP contribution in [0.5, 0.6) is 5.75 Å². The molecule has 2 atom stereocenters. The van der Waals surface area contributed by atoms with Crippen LogP contribution in [0.3, 0.4) is 0 Å². The number of alkyl halides is 1. The number of amides is 4. The number of esters is 1. The lowest BCUT2D eigenvalue weighted by molar-refractivity contribution is -0.153. The zero-order valence-corrected chi connectivity index (χ0v) is 29.3. The molecule has 2 aromatic rings. The maximum absolute atomic E-state index is 13.6. The molecule has 4 amide bonds. The molecule has 48 heavy (non-hydrogen) atoms. The Morgan fingerprint density at radius 1 is 1.17 bits per heavy atom. The van der Waals surface area contributed by atoms with Crippen molar-refractivity contribution in [2.75, 3.05) is 24.1 Å². The molecule has 0 saturated carbocycles. The molecule has 15 nitrogen and oxygen atoms in total. The minimum atomic E-state index is -1.44. The number of thiazole rings is 1. The van der Waals surface area contributed by atoms with Gasteiger partial charge in [0.25, 0.3) is 11.8 Å². The number of nitrogens with zero attached hydrogens (tertiary/aromatic N) is 3. The first-order chi connectivity index (χ1) is 22.7. The fourth-order valence-corrected chi connectivity index (χ4v) is 6.69. The monoisotopic (exact) mass is 722 g/mol. The average molecular weight is 723 g/mol. The predicted octanol–water partition coefficient (Wildman–Crippen LogP) is 3.34. The van der Waals surface area contributed by atoms with Crippen LogP contribution in [0.25, 0.3) is 0 Å². The Kier molecular flexibility index (Phi) is 11.6. The number of benzene rings is 1. The van der Waals surface area contributed by atoms with E-state index >= 15 is 0 Å². The summed E-state index contributed by atoms with van der Waals surface area (Å²) in [6.07, 6.45) is -0.356. The molecule has 3 heterocycles. The Balaban J connectivity index is 1.50.